The molecule has 2 nitrogen and oxygen atoms in total. The molecule has 1 aliphatic rings. The summed E-state index contributed by atoms with van der Waals surface area (Å²) in [6, 6.07) is 0.698. The summed E-state index contributed by atoms with van der Waals surface area (Å²) in [5, 5.41) is 3.57. The second-order valence-electron chi connectivity index (χ2n) is 5.38. The molecule has 0 aromatic heterocycles. The molecule has 1 N–H and O–H groups in total. The first kappa shape index (κ1) is 11.0. The van der Waals surface area contributed by atoms with Gasteiger partial charge in [0, 0.05) is 18.1 Å². The summed E-state index contributed by atoms with van der Waals surface area (Å²) in [4.78, 5) is 2.44. The van der Waals surface area contributed by atoms with E-state index in [2.05, 4.69) is 45.0 Å². The van der Waals surface area contributed by atoms with Crippen LogP contribution in [0.25, 0.3) is 0 Å². The lowest BCUT2D eigenvalue weighted by atomic mass is 10.0. The van der Waals surface area contributed by atoms with Gasteiger partial charge in [-0.2, -0.15) is 0 Å². The topological polar surface area (TPSA) is 15.3 Å². The summed E-state index contributed by atoms with van der Waals surface area (Å²) < 4.78 is 0. The molecule has 13 heavy (non-hydrogen) atoms. The molecule has 0 spiro atoms. The van der Waals surface area contributed by atoms with E-state index in [1.807, 2.05) is 0 Å². The first-order valence-corrected chi connectivity index (χ1v) is 5.36. The molecule has 1 heterocycles. The molecule has 1 saturated heterocycles. The zero-order valence-electron chi connectivity index (χ0n) is 9.72. The van der Waals surface area contributed by atoms with Crippen molar-refractivity contribution < 1.29 is 0 Å². The molecular formula is C11H24N2. The van der Waals surface area contributed by atoms with E-state index in [0.717, 1.165) is 5.92 Å². The van der Waals surface area contributed by atoms with Crippen LogP contribution in [0.1, 0.15) is 34.1 Å². The van der Waals surface area contributed by atoms with Crippen molar-refractivity contribution in [1.29, 1.82) is 0 Å². The van der Waals surface area contributed by atoms with E-state index in [1.165, 1.54) is 19.5 Å². The van der Waals surface area contributed by atoms with Gasteiger partial charge in [0.1, 0.15) is 0 Å². The summed E-state index contributed by atoms with van der Waals surface area (Å²) in [5.41, 5.74) is 0.296. The molecule has 2 atom stereocenters. The second kappa shape index (κ2) is 3.97. The number of nitrogens with one attached hydrogen (secondary N) is 1. The molecule has 0 aromatic rings. The van der Waals surface area contributed by atoms with Crippen molar-refractivity contribution in [2.45, 2.75) is 45.7 Å². The van der Waals surface area contributed by atoms with Gasteiger partial charge >= 0.3 is 0 Å². The average Bonchev–Trinajstić information content (AvgIpc) is 2.34. The van der Waals surface area contributed by atoms with Crippen LogP contribution < -0.4 is 5.32 Å². The highest BCUT2D eigenvalue weighted by atomic mass is 15.2. The molecular weight excluding hydrogens is 160 g/mol. The van der Waals surface area contributed by atoms with Crippen molar-refractivity contribution in [3.05, 3.63) is 0 Å². The average molecular weight is 184 g/mol. The van der Waals surface area contributed by atoms with Gasteiger partial charge in [-0.15, -0.1) is 0 Å². The fourth-order valence-electron chi connectivity index (χ4n) is 1.71. The molecule has 0 aliphatic carbocycles. The van der Waals surface area contributed by atoms with Crippen molar-refractivity contribution >= 4 is 0 Å². The number of hydrogen-bond donors (Lipinski definition) is 1. The van der Waals surface area contributed by atoms with Crippen LogP contribution in [0.4, 0.5) is 0 Å². The normalized spacial score (nSPS) is 30.0. The molecule has 2 unspecified atom stereocenters. The van der Waals surface area contributed by atoms with Gasteiger partial charge in [0.05, 0.1) is 0 Å². The SMILES string of the molecule is CC1CCNC1CN(C)C(C)(C)C. The lowest BCUT2D eigenvalue weighted by Crippen LogP contribution is -2.46. The van der Waals surface area contributed by atoms with E-state index in [1.54, 1.807) is 0 Å². The van der Waals surface area contributed by atoms with Gasteiger partial charge < -0.3 is 5.32 Å². The maximum atomic E-state index is 3.57. The van der Waals surface area contributed by atoms with Crippen LogP contribution in [0.15, 0.2) is 0 Å². The van der Waals surface area contributed by atoms with E-state index < -0.39 is 0 Å². The predicted octanol–water partition coefficient (Wildman–Crippen LogP) is 1.71. The van der Waals surface area contributed by atoms with Crippen molar-refractivity contribution in [2.75, 3.05) is 20.1 Å². The zero-order valence-corrected chi connectivity index (χ0v) is 9.72. The fourth-order valence-corrected chi connectivity index (χ4v) is 1.71. The lowest BCUT2D eigenvalue weighted by molar-refractivity contribution is 0.153. The van der Waals surface area contributed by atoms with Gasteiger partial charge in [-0.25, -0.2) is 0 Å². The van der Waals surface area contributed by atoms with Gasteiger partial charge in [-0.1, -0.05) is 6.92 Å². The lowest BCUT2D eigenvalue weighted by Gasteiger charge is -2.34. The molecule has 0 radical (unpaired) electrons. The Kier molecular flexibility index (Phi) is 3.36. The number of likely N-dealkylation sites (N-methyl/N-ethyl adjacent to an activating group) is 1. The summed E-state index contributed by atoms with van der Waals surface area (Å²) in [6.45, 7) is 11.5. The van der Waals surface area contributed by atoms with Gasteiger partial charge in [0.2, 0.25) is 0 Å². The Labute approximate surface area is 82.7 Å². The van der Waals surface area contributed by atoms with E-state index in [9.17, 15) is 0 Å². The third-order valence-corrected chi connectivity index (χ3v) is 3.31. The van der Waals surface area contributed by atoms with Crippen LogP contribution in [-0.2, 0) is 0 Å². The van der Waals surface area contributed by atoms with Gasteiger partial charge in [-0.3, -0.25) is 4.90 Å². The molecule has 0 aromatic carbocycles. The summed E-state index contributed by atoms with van der Waals surface area (Å²) in [6.07, 6.45) is 1.34. The summed E-state index contributed by atoms with van der Waals surface area (Å²) in [7, 11) is 2.22. The molecule has 78 valence electrons. The first-order chi connectivity index (χ1) is 5.91. The molecule has 0 amide bonds. The van der Waals surface area contributed by atoms with E-state index in [0.29, 0.717) is 11.6 Å². The summed E-state index contributed by atoms with van der Waals surface area (Å²) >= 11 is 0. The number of nitrogens with zero attached hydrogens (tertiary/aromatic N) is 1. The van der Waals surface area contributed by atoms with Crippen molar-refractivity contribution in [2.24, 2.45) is 5.92 Å². The first-order valence-electron chi connectivity index (χ1n) is 5.36. The van der Waals surface area contributed by atoms with E-state index in [4.69, 9.17) is 0 Å². The largest absolute Gasteiger partial charge is 0.312 e. The Bertz CT molecular complexity index is 160. The molecule has 0 bridgehead atoms. The molecule has 1 fully saturated rings. The standard InChI is InChI=1S/C11H24N2/c1-9-6-7-12-10(9)8-13(5)11(2,3)4/h9-10,12H,6-8H2,1-5H3. The van der Waals surface area contributed by atoms with Crippen LogP contribution in [0.2, 0.25) is 0 Å². The maximum Gasteiger partial charge on any atom is 0.0221 e. The maximum absolute atomic E-state index is 3.57. The molecule has 0 saturated carbocycles. The van der Waals surface area contributed by atoms with Crippen molar-refractivity contribution in [3.8, 4) is 0 Å². The van der Waals surface area contributed by atoms with Gasteiger partial charge in [-0.05, 0) is 46.7 Å². The highest BCUT2D eigenvalue weighted by Crippen LogP contribution is 2.18. The van der Waals surface area contributed by atoms with Crippen molar-refractivity contribution in [1.82, 2.24) is 10.2 Å². The quantitative estimate of drug-likeness (QED) is 0.703. The minimum atomic E-state index is 0.296. The van der Waals surface area contributed by atoms with E-state index in [-0.39, 0.29) is 0 Å². The Morgan fingerprint density at radius 3 is 2.38 bits per heavy atom. The molecule has 1 rings (SSSR count). The van der Waals surface area contributed by atoms with Crippen LogP contribution in [0.3, 0.4) is 0 Å². The fraction of sp³-hybridized carbons (Fsp3) is 1.00. The zero-order chi connectivity index (χ0) is 10.1. The van der Waals surface area contributed by atoms with Crippen LogP contribution in [0.5, 0.6) is 0 Å². The van der Waals surface area contributed by atoms with E-state index >= 15 is 0 Å². The third-order valence-electron chi connectivity index (χ3n) is 3.31. The van der Waals surface area contributed by atoms with Crippen molar-refractivity contribution in [3.63, 3.8) is 0 Å². The van der Waals surface area contributed by atoms with Crippen LogP contribution in [0, 0.1) is 5.92 Å². The van der Waals surface area contributed by atoms with Crippen LogP contribution >= 0.6 is 0 Å². The minimum absolute atomic E-state index is 0.296. The Morgan fingerprint density at radius 1 is 1.38 bits per heavy atom. The Balaban J connectivity index is 2.40. The minimum Gasteiger partial charge on any atom is -0.312 e. The smallest absolute Gasteiger partial charge is 0.0221 e. The highest BCUT2D eigenvalue weighted by Gasteiger charge is 2.27. The van der Waals surface area contributed by atoms with Gasteiger partial charge in [0.15, 0.2) is 0 Å². The predicted molar refractivity (Wildman–Crippen MR) is 58.0 cm³/mol. The monoisotopic (exact) mass is 184 g/mol. The Hall–Kier alpha value is -0.0800. The second-order valence-corrected chi connectivity index (χ2v) is 5.38. The number of hydrogen-bond acceptors (Lipinski definition) is 2. The summed E-state index contributed by atoms with van der Waals surface area (Å²) in [5.74, 6) is 0.838. The van der Waals surface area contributed by atoms with Gasteiger partial charge in [0.25, 0.3) is 0 Å². The number of rotatable bonds is 2. The van der Waals surface area contributed by atoms with Crippen LogP contribution in [-0.4, -0.2) is 36.6 Å². The molecule has 2 heteroatoms. The third kappa shape index (κ3) is 2.96. The Morgan fingerprint density at radius 2 is 2.00 bits per heavy atom. The highest BCUT2D eigenvalue weighted by molar-refractivity contribution is 4.85. The molecule has 1 aliphatic heterocycles.